The number of carbonyl (C=O) groups excluding carboxylic acids is 1. The largest absolute Gasteiger partial charge is 0.495 e. The van der Waals surface area contributed by atoms with Crippen LogP contribution in [0.4, 0.5) is 11.4 Å². The van der Waals surface area contributed by atoms with Gasteiger partial charge in [0, 0.05) is 24.5 Å². The first-order valence-corrected chi connectivity index (χ1v) is 11.7. The van der Waals surface area contributed by atoms with Gasteiger partial charge in [-0.15, -0.1) is 0 Å². The predicted octanol–water partition coefficient (Wildman–Crippen LogP) is 3.13. The predicted molar refractivity (Wildman–Crippen MR) is 115 cm³/mol. The molecule has 7 nitrogen and oxygen atoms in total. The molecule has 160 valence electrons. The maximum absolute atomic E-state index is 13.0. The topological polar surface area (TPSA) is 84.9 Å². The van der Waals surface area contributed by atoms with E-state index in [2.05, 4.69) is 4.72 Å². The van der Waals surface area contributed by atoms with Crippen LogP contribution in [0, 0.1) is 0 Å². The molecule has 2 aromatic carbocycles. The molecule has 0 saturated carbocycles. The van der Waals surface area contributed by atoms with Crippen LogP contribution in [0.2, 0.25) is 0 Å². The highest BCUT2D eigenvalue weighted by atomic mass is 32.2. The van der Waals surface area contributed by atoms with Crippen molar-refractivity contribution in [1.82, 2.24) is 0 Å². The van der Waals surface area contributed by atoms with E-state index in [1.54, 1.807) is 35.2 Å². The second-order valence-corrected chi connectivity index (χ2v) is 9.18. The molecular formula is C22H26N2O5S. The summed E-state index contributed by atoms with van der Waals surface area (Å²) in [6.07, 6.45) is 2.69. The second-order valence-electron chi connectivity index (χ2n) is 7.53. The number of benzene rings is 2. The molecule has 8 heteroatoms. The number of fused-ring (bicyclic) bond motifs is 1. The summed E-state index contributed by atoms with van der Waals surface area (Å²) in [4.78, 5) is 14.6. The van der Waals surface area contributed by atoms with Gasteiger partial charge >= 0.3 is 0 Å². The molecule has 1 N–H and O–H groups in total. The molecule has 4 rings (SSSR count). The Bertz CT molecular complexity index is 1060. The molecule has 2 aromatic rings. The Morgan fingerprint density at radius 3 is 2.80 bits per heavy atom. The fourth-order valence-electron chi connectivity index (χ4n) is 4.00. The highest BCUT2D eigenvalue weighted by Gasteiger charge is 2.33. The van der Waals surface area contributed by atoms with Gasteiger partial charge in [0.2, 0.25) is 0 Å². The summed E-state index contributed by atoms with van der Waals surface area (Å²) >= 11 is 0. The summed E-state index contributed by atoms with van der Waals surface area (Å²) < 4.78 is 39.5. The van der Waals surface area contributed by atoms with Crippen LogP contribution in [0.25, 0.3) is 0 Å². The molecule has 0 bridgehead atoms. The van der Waals surface area contributed by atoms with Crippen LogP contribution in [-0.4, -0.2) is 40.7 Å². The standard InChI is InChI=1S/C22H26N2O5S/c1-3-15-6-9-19(28-2)21(13-15)30(26,27)23-17-7-8-18-16(14-17)10-11-24(18)22(25)20-5-4-12-29-20/h6-9,13-14,20,23H,3-5,10-12H2,1-2H3. The zero-order chi connectivity index (χ0) is 21.3. The zero-order valence-electron chi connectivity index (χ0n) is 17.2. The molecular weight excluding hydrogens is 404 g/mol. The van der Waals surface area contributed by atoms with E-state index in [4.69, 9.17) is 9.47 Å². The minimum Gasteiger partial charge on any atom is -0.495 e. The molecule has 2 aliphatic rings. The van der Waals surface area contributed by atoms with Gasteiger partial charge in [-0.25, -0.2) is 8.42 Å². The maximum Gasteiger partial charge on any atom is 0.265 e. The number of carbonyl (C=O) groups is 1. The number of aryl methyl sites for hydroxylation is 1. The Morgan fingerprint density at radius 1 is 1.27 bits per heavy atom. The number of anilines is 2. The quantitative estimate of drug-likeness (QED) is 0.761. The Balaban J connectivity index is 1.57. The summed E-state index contributed by atoms with van der Waals surface area (Å²) in [6.45, 7) is 3.17. The lowest BCUT2D eigenvalue weighted by atomic mass is 10.1. The third-order valence-electron chi connectivity index (χ3n) is 5.62. The van der Waals surface area contributed by atoms with E-state index in [1.165, 1.54) is 7.11 Å². The van der Waals surface area contributed by atoms with Gasteiger partial charge in [0.1, 0.15) is 16.7 Å². The summed E-state index contributed by atoms with van der Waals surface area (Å²) in [7, 11) is -2.37. The van der Waals surface area contributed by atoms with E-state index in [0.717, 1.165) is 36.1 Å². The van der Waals surface area contributed by atoms with E-state index >= 15 is 0 Å². The molecule has 0 radical (unpaired) electrons. The number of nitrogens with one attached hydrogen (secondary N) is 1. The summed E-state index contributed by atoms with van der Waals surface area (Å²) in [5.74, 6) is 0.287. The molecule has 2 heterocycles. The van der Waals surface area contributed by atoms with Crippen LogP contribution < -0.4 is 14.4 Å². The minimum atomic E-state index is -3.82. The minimum absolute atomic E-state index is 0.0132. The number of hydrogen-bond donors (Lipinski definition) is 1. The molecule has 1 amide bonds. The van der Waals surface area contributed by atoms with Crippen LogP contribution >= 0.6 is 0 Å². The lowest BCUT2D eigenvalue weighted by Gasteiger charge is -2.21. The fraction of sp³-hybridized carbons (Fsp3) is 0.409. The lowest BCUT2D eigenvalue weighted by Crippen LogP contribution is -2.37. The SMILES string of the molecule is CCc1ccc(OC)c(S(=O)(=O)Nc2ccc3c(c2)CCN3C(=O)C2CCCO2)c1. The molecule has 30 heavy (non-hydrogen) atoms. The Morgan fingerprint density at radius 2 is 2.10 bits per heavy atom. The molecule has 1 atom stereocenters. The molecule has 2 aliphatic heterocycles. The van der Waals surface area contributed by atoms with Gasteiger partial charge in [-0.2, -0.15) is 0 Å². The first kappa shape index (κ1) is 20.7. The number of methoxy groups -OCH3 is 1. The van der Waals surface area contributed by atoms with Crippen molar-refractivity contribution >= 4 is 27.3 Å². The molecule has 0 spiro atoms. The van der Waals surface area contributed by atoms with Crippen molar-refractivity contribution < 1.29 is 22.7 Å². The third-order valence-corrected chi connectivity index (χ3v) is 7.03. The normalized spacial score (nSPS) is 18.3. The van der Waals surface area contributed by atoms with Crippen molar-refractivity contribution in [1.29, 1.82) is 0 Å². The molecule has 0 aliphatic carbocycles. The van der Waals surface area contributed by atoms with Gasteiger partial charge in [0.25, 0.3) is 15.9 Å². The molecule has 1 fully saturated rings. The molecule has 1 saturated heterocycles. The number of rotatable bonds is 6. The average Bonchev–Trinajstić information content (AvgIpc) is 3.42. The maximum atomic E-state index is 13.0. The number of hydrogen-bond acceptors (Lipinski definition) is 5. The van der Waals surface area contributed by atoms with E-state index in [-0.39, 0.29) is 16.9 Å². The van der Waals surface area contributed by atoms with Gasteiger partial charge in [-0.05, 0) is 67.1 Å². The van der Waals surface area contributed by atoms with Crippen LogP contribution in [0.15, 0.2) is 41.3 Å². The summed E-state index contributed by atoms with van der Waals surface area (Å²) in [5, 5.41) is 0. The zero-order valence-corrected chi connectivity index (χ0v) is 18.0. The first-order valence-electron chi connectivity index (χ1n) is 10.2. The van der Waals surface area contributed by atoms with Gasteiger partial charge in [0.05, 0.1) is 7.11 Å². The highest BCUT2D eigenvalue weighted by Crippen LogP contribution is 2.34. The van der Waals surface area contributed by atoms with Crippen molar-refractivity contribution in [2.24, 2.45) is 0 Å². The van der Waals surface area contributed by atoms with Crippen molar-refractivity contribution in [3.05, 3.63) is 47.5 Å². The van der Waals surface area contributed by atoms with Crippen molar-refractivity contribution in [3.8, 4) is 5.75 Å². The van der Waals surface area contributed by atoms with Crippen LogP contribution in [0.5, 0.6) is 5.75 Å². The summed E-state index contributed by atoms with van der Waals surface area (Å²) in [5.41, 5.74) is 3.14. The van der Waals surface area contributed by atoms with Crippen molar-refractivity contribution in [3.63, 3.8) is 0 Å². The van der Waals surface area contributed by atoms with Gasteiger partial charge in [0.15, 0.2) is 0 Å². The first-order chi connectivity index (χ1) is 14.4. The van der Waals surface area contributed by atoms with E-state index in [0.29, 0.717) is 31.0 Å². The van der Waals surface area contributed by atoms with Crippen molar-refractivity contribution in [2.75, 3.05) is 29.9 Å². The fourth-order valence-corrected chi connectivity index (χ4v) is 5.27. The lowest BCUT2D eigenvalue weighted by molar-refractivity contribution is -0.127. The van der Waals surface area contributed by atoms with Crippen molar-refractivity contribution in [2.45, 2.75) is 43.6 Å². The summed E-state index contributed by atoms with van der Waals surface area (Å²) in [6, 6.07) is 10.4. The number of nitrogens with zero attached hydrogens (tertiary/aromatic N) is 1. The Hall–Kier alpha value is -2.58. The Labute approximate surface area is 177 Å². The number of ether oxygens (including phenoxy) is 2. The van der Waals surface area contributed by atoms with E-state index in [1.807, 2.05) is 13.0 Å². The average molecular weight is 431 g/mol. The van der Waals surface area contributed by atoms with Gasteiger partial charge in [-0.1, -0.05) is 13.0 Å². The van der Waals surface area contributed by atoms with E-state index < -0.39 is 10.0 Å². The van der Waals surface area contributed by atoms with Crippen LogP contribution in [0.1, 0.15) is 30.9 Å². The Kier molecular flexibility index (Phi) is 5.71. The van der Waals surface area contributed by atoms with Crippen LogP contribution in [-0.2, 0) is 32.4 Å². The smallest absolute Gasteiger partial charge is 0.265 e. The molecule has 1 unspecified atom stereocenters. The molecule has 0 aromatic heterocycles. The van der Waals surface area contributed by atoms with E-state index in [9.17, 15) is 13.2 Å². The number of amides is 1. The van der Waals surface area contributed by atoms with Gasteiger partial charge < -0.3 is 14.4 Å². The number of sulfonamides is 1. The monoisotopic (exact) mass is 430 g/mol. The third kappa shape index (κ3) is 3.89. The van der Waals surface area contributed by atoms with Crippen LogP contribution in [0.3, 0.4) is 0 Å². The highest BCUT2D eigenvalue weighted by molar-refractivity contribution is 7.92. The second kappa shape index (κ2) is 8.28. The van der Waals surface area contributed by atoms with Gasteiger partial charge in [-0.3, -0.25) is 9.52 Å².